The summed E-state index contributed by atoms with van der Waals surface area (Å²) in [6.07, 6.45) is -6.26. The molecule has 2 amide bonds. The van der Waals surface area contributed by atoms with Gasteiger partial charge in [-0.2, -0.15) is 18.3 Å². The van der Waals surface area contributed by atoms with Crippen LogP contribution in [-0.2, 0) is 15.1 Å². The smallest absolute Gasteiger partial charge is 0.411 e. The number of alkyl carbamates (subject to hydrolysis) is 1. The maximum absolute atomic E-state index is 16.2. The van der Waals surface area contributed by atoms with E-state index < -0.39 is 71.3 Å². The molecule has 2 aromatic heterocycles. The highest BCUT2D eigenvalue weighted by Crippen LogP contribution is 2.49. The third-order valence-electron chi connectivity index (χ3n) is 8.88. The van der Waals surface area contributed by atoms with E-state index in [4.69, 9.17) is 21.7 Å². The number of aromatic nitrogens is 5. The highest BCUT2D eigenvalue weighted by atomic mass is 35.5. The largest absolute Gasteiger partial charge is 0.447 e. The summed E-state index contributed by atoms with van der Waals surface area (Å²) in [6.45, 7) is 4.56. The Balaban J connectivity index is 1.43. The first-order valence-corrected chi connectivity index (χ1v) is 16.5. The van der Waals surface area contributed by atoms with E-state index in [2.05, 4.69) is 25.4 Å². The molecule has 0 spiro atoms. The van der Waals surface area contributed by atoms with Crippen LogP contribution >= 0.6 is 11.6 Å². The van der Waals surface area contributed by atoms with Gasteiger partial charge in [-0.05, 0) is 54.5 Å². The standard InChI is InChI=1S/C34H32ClF6N9O3/c1-31(2,3)16-33(20-7-5-19(13-22(20)36)26-43-11-4-12-44-26)28(51)49(29(42)47-33)24(15-53-30(52)48-32(9-10-32)34(39,40)41)18-6-8-21(35)23(14-18)50-27(25(37)38)45-17-46-50/h4-8,11-14,17,24-25H,9-10,15-16H2,1-3H3,(H2,42,47)(H,48,52)/t24-,33?/m1/s1. The summed E-state index contributed by atoms with van der Waals surface area (Å²) in [6, 6.07) is 8.03. The molecular formula is C34H32ClF6N9O3. The van der Waals surface area contributed by atoms with Crippen LogP contribution in [0, 0.1) is 16.6 Å². The van der Waals surface area contributed by atoms with Crippen LogP contribution in [0.25, 0.3) is 17.1 Å². The number of halogens is 7. The Morgan fingerprint density at radius 3 is 2.40 bits per heavy atom. The number of alkyl halides is 5. The quantitative estimate of drug-likeness (QED) is 0.146. The van der Waals surface area contributed by atoms with Crippen LogP contribution in [-0.4, -0.2) is 65.9 Å². The lowest BCUT2D eigenvalue weighted by Crippen LogP contribution is -2.49. The van der Waals surface area contributed by atoms with E-state index in [1.807, 2.05) is 5.32 Å². The van der Waals surface area contributed by atoms with Gasteiger partial charge in [0.25, 0.3) is 12.3 Å². The topological polar surface area (TPSA) is 151 Å². The summed E-state index contributed by atoms with van der Waals surface area (Å²) in [7, 11) is 0. The summed E-state index contributed by atoms with van der Waals surface area (Å²) < 4.78 is 90.8. The number of guanidine groups is 1. The van der Waals surface area contributed by atoms with Gasteiger partial charge < -0.3 is 15.4 Å². The molecule has 19 heteroatoms. The monoisotopic (exact) mass is 763 g/mol. The van der Waals surface area contributed by atoms with Crippen LogP contribution < -0.4 is 10.6 Å². The number of ether oxygens (including phenoxy) is 1. The Kier molecular flexibility index (Phi) is 9.63. The molecule has 2 atom stereocenters. The van der Waals surface area contributed by atoms with E-state index in [1.54, 1.807) is 26.8 Å². The fourth-order valence-corrected chi connectivity index (χ4v) is 6.55. The highest BCUT2D eigenvalue weighted by molar-refractivity contribution is 6.32. The van der Waals surface area contributed by atoms with Crippen molar-refractivity contribution in [1.82, 2.24) is 40.3 Å². The van der Waals surface area contributed by atoms with Crippen molar-refractivity contribution < 1.29 is 40.7 Å². The summed E-state index contributed by atoms with van der Waals surface area (Å²) in [4.78, 5) is 40.4. The van der Waals surface area contributed by atoms with Crippen molar-refractivity contribution in [3.63, 3.8) is 0 Å². The second-order valence-electron chi connectivity index (χ2n) is 13.9. The van der Waals surface area contributed by atoms with Crippen molar-refractivity contribution >= 4 is 29.6 Å². The van der Waals surface area contributed by atoms with E-state index in [0.717, 1.165) is 22.0 Å². The molecule has 3 heterocycles. The van der Waals surface area contributed by atoms with Gasteiger partial charge in [-0.15, -0.1) is 0 Å². The number of hydrogen-bond acceptors (Lipinski definition) is 8. The van der Waals surface area contributed by atoms with Gasteiger partial charge in [-0.1, -0.05) is 50.6 Å². The number of amides is 2. The molecule has 1 aliphatic heterocycles. The summed E-state index contributed by atoms with van der Waals surface area (Å²) in [5.74, 6) is -2.81. The zero-order valence-corrected chi connectivity index (χ0v) is 29.1. The SMILES string of the molecule is CC(C)(C)CC1(c2ccc(-c3ncccn3)cc2F)NC(=N)N([C@H](COC(=O)NC2(C(F)(F)F)CC2)c2ccc(Cl)c(-n3ncnc3C(F)F)c2)C1=O. The molecule has 1 unspecified atom stereocenters. The van der Waals surface area contributed by atoms with Crippen molar-refractivity contribution in [3.8, 4) is 17.1 Å². The molecule has 12 nitrogen and oxygen atoms in total. The zero-order valence-electron chi connectivity index (χ0n) is 28.3. The minimum atomic E-state index is -4.76. The Morgan fingerprint density at radius 2 is 1.79 bits per heavy atom. The molecular weight excluding hydrogens is 732 g/mol. The Morgan fingerprint density at radius 1 is 1.09 bits per heavy atom. The molecule has 280 valence electrons. The maximum atomic E-state index is 16.2. The number of rotatable bonds is 10. The Labute approximate surface area is 303 Å². The molecule has 53 heavy (non-hydrogen) atoms. The Bertz CT molecular complexity index is 2050. The molecule has 1 aliphatic carbocycles. The van der Waals surface area contributed by atoms with Crippen molar-refractivity contribution in [2.75, 3.05) is 6.61 Å². The van der Waals surface area contributed by atoms with Crippen LogP contribution in [0.3, 0.4) is 0 Å². The summed E-state index contributed by atoms with van der Waals surface area (Å²) in [5, 5.41) is 17.5. The third-order valence-corrected chi connectivity index (χ3v) is 9.19. The lowest BCUT2D eigenvalue weighted by molar-refractivity contribution is -0.164. The number of nitrogens with zero attached hydrogens (tertiary/aromatic N) is 6. The Hall–Kier alpha value is -5.26. The van der Waals surface area contributed by atoms with E-state index >= 15 is 4.39 Å². The summed E-state index contributed by atoms with van der Waals surface area (Å²) >= 11 is 6.39. The lowest BCUT2D eigenvalue weighted by atomic mass is 9.75. The molecule has 4 aromatic rings. The lowest BCUT2D eigenvalue weighted by Gasteiger charge is -2.35. The minimum absolute atomic E-state index is 0.0494. The van der Waals surface area contributed by atoms with Crippen LogP contribution in [0.4, 0.5) is 31.1 Å². The van der Waals surface area contributed by atoms with Gasteiger partial charge in [-0.3, -0.25) is 15.1 Å². The molecule has 1 saturated heterocycles. The number of carbonyl (C=O) groups is 2. The first-order valence-electron chi connectivity index (χ1n) is 16.1. The maximum Gasteiger partial charge on any atom is 0.411 e. The average Bonchev–Trinajstić information content (AvgIpc) is 3.63. The van der Waals surface area contributed by atoms with Gasteiger partial charge in [0.1, 0.15) is 29.8 Å². The predicted octanol–water partition coefficient (Wildman–Crippen LogP) is 7.01. The van der Waals surface area contributed by atoms with Gasteiger partial charge >= 0.3 is 12.3 Å². The van der Waals surface area contributed by atoms with Gasteiger partial charge in [-0.25, -0.2) is 37.6 Å². The van der Waals surface area contributed by atoms with Crippen molar-refractivity contribution in [2.45, 2.75) is 69.8 Å². The van der Waals surface area contributed by atoms with Crippen LogP contribution in [0.5, 0.6) is 0 Å². The van der Waals surface area contributed by atoms with E-state index in [9.17, 15) is 31.5 Å². The first-order chi connectivity index (χ1) is 24.9. The van der Waals surface area contributed by atoms with Crippen molar-refractivity contribution in [1.29, 1.82) is 5.41 Å². The molecule has 1 saturated carbocycles. The number of carbonyl (C=O) groups excluding carboxylic acids is 2. The molecule has 0 radical (unpaired) electrons. The molecule has 0 bridgehead atoms. The van der Waals surface area contributed by atoms with Crippen LogP contribution in [0.15, 0.2) is 61.2 Å². The van der Waals surface area contributed by atoms with Gasteiger partial charge in [0, 0.05) is 23.5 Å². The zero-order chi connectivity index (χ0) is 38.5. The predicted molar refractivity (Wildman–Crippen MR) is 177 cm³/mol. The second kappa shape index (κ2) is 13.6. The number of benzene rings is 2. The van der Waals surface area contributed by atoms with Crippen LogP contribution in [0.2, 0.25) is 5.02 Å². The van der Waals surface area contributed by atoms with Crippen molar-refractivity contribution in [2.24, 2.45) is 5.41 Å². The van der Waals surface area contributed by atoms with Gasteiger partial charge in [0.05, 0.1) is 16.8 Å². The number of hydrogen-bond donors (Lipinski definition) is 3. The van der Waals surface area contributed by atoms with E-state index in [-0.39, 0.29) is 46.9 Å². The fraction of sp³-hybridized carbons (Fsp3) is 0.382. The molecule has 2 aliphatic rings. The molecule has 6 rings (SSSR count). The van der Waals surface area contributed by atoms with E-state index in [0.29, 0.717) is 5.56 Å². The van der Waals surface area contributed by atoms with Crippen LogP contribution in [0.1, 0.15) is 69.5 Å². The van der Waals surface area contributed by atoms with Gasteiger partial charge in [0.2, 0.25) is 0 Å². The summed E-state index contributed by atoms with van der Waals surface area (Å²) in [5.41, 5.74) is -4.98. The molecule has 3 N–H and O–H groups in total. The normalized spacial score (nSPS) is 19.0. The first kappa shape index (κ1) is 37.5. The molecule has 2 aromatic carbocycles. The van der Waals surface area contributed by atoms with Crippen molar-refractivity contribution in [3.05, 3.63) is 89.0 Å². The molecule has 2 fully saturated rings. The fourth-order valence-electron chi connectivity index (χ4n) is 6.36. The second-order valence-corrected chi connectivity index (χ2v) is 14.3. The highest BCUT2D eigenvalue weighted by Gasteiger charge is 2.65. The minimum Gasteiger partial charge on any atom is -0.447 e. The average molecular weight is 764 g/mol. The van der Waals surface area contributed by atoms with Gasteiger partial charge in [0.15, 0.2) is 17.6 Å². The number of nitrogens with one attached hydrogen (secondary N) is 3. The third kappa shape index (κ3) is 7.23. The van der Waals surface area contributed by atoms with E-state index in [1.165, 1.54) is 42.7 Å².